The largest absolute Gasteiger partial charge is 0.376 e. The molecule has 5 nitrogen and oxygen atoms in total. The van der Waals surface area contributed by atoms with Crippen LogP contribution in [-0.4, -0.2) is 55.3 Å². The van der Waals surface area contributed by atoms with Crippen molar-refractivity contribution < 1.29 is 14.3 Å². The maximum absolute atomic E-state index is 11.9. The van der Waals surface area contributed by atoms with Gasteiger partial charge >= 0.3 is 0 Å². The highest BCUT2D eigenvalue weighted by Crippen LogP contribution is 2.13. The fourth-order valence-corrected chi connectivity index (χ4v) is 2.89. The summed E-state index contributed by atoms with van der Waals surface area (Å²) in [7, 11) is 1.81. The molecule has 0 saturated carbocycles. The fourth-order valence-electron chi connectivity index (χ4n) is 2.12. The van der Waals surface area contributed by atoms with Crippen LogP contribution >= 0.6 is 11.3 Å². The van der Waals surface area contributed by atoms with E-state index >= 15 is 0 Å². The minimum atomic E-state index is 0.0187. The first-order chi connectivity index (χ1) is 9.66. The van der Waals surface area contributed by atoms with Crippen LogP contribution in [0.1, 0.15) is 23.4 Å². The van der Waals surface area contributed by atoms with E-state index in [1.807, 2.05) is 19.5 Å². The standard InChI is InChI=1S/C14H22N2O3S/c1-11-13(20-10-15-11)5-6-16(2)14(17)9-18-8-12-4-3-7-19-12/h10,12H,3-9H2,1-2H3/t12-/m0/s1. The molecule has 0 bridgehead atoms. The molecule has 1 saturated heterocycles. The van der Waals surface area contributed by atoms with Crippen molar-refractivity contribution in [3.63, 3.8) is 0 Å². The van der Waals surface area contributed by atoms with E-state index in [9.17, 15) is 4.79 Å². The quantitative estimate of drug-likeness (QED) is 0.768. The molecule has 1 aliphatic heterocycles. The third-order valence-corrected chi connectivity index (χ3v) is 4.49. The predicted octanol–water partition coefficient (Wildman–Crippen LogP) is 1.65. The molecule has 0 spiro atoms. The van der Waals surface area contributed by atoms with Gasteiger partial charge in [0.1, 0.15) is 6.61 Å². The van der Waals surface area contributed by atoms with E-state index in [2.05, 4.69) is 4.98 Å². The molecule has 1 aliphatic rings. The highest BCUT2D eigenvalue weighted by Gasteiger charge is 2.17. The Morgan fingerprint density at radius 1 is 1.65 bits per heavy atom. The summed E-state index contributed by atoms with van der Waals surface area (Å²) in [4.78, 5) is 19.1. The minimum absolute atomic E-state index is 0.0187. The molecule has 6 heteroatoms. The molecule has 1 atom stereocenters. The Labute approximate surface area is 123 Å². The van der Waals surface area contributed by atoms with Crippen LogP contribution in [0.3, 0.4) is 0 Å². The van der Waals surface area contributed by atoms with Gasteiger partial charge in [-0.2, -0.15) is 0 Å². The fraction of sp³-hybridized carbons (Fsp3) is 0.714. The van der Waals surface area contributed by atoms with Crippen LogP contribution in [-0.2, 0) is 20.7 Å². The average Bonchev–Trinajstić information content (AvgIpc) is 3.07. The topological polar surface area (TPSA) is 51.7 Å². The van der Waals surface area contributed by atoms with Crippen LogP contribution in [0.25, 0.3) is 0 Å². The molecule has 20 heavy (non-hydrogen) atoms. The number of ether oxygens (including phenoxy) is 2. The molecule has 2 heterocycles. The molecule has 0 aromatic carbocycles. The Hall–Kier alpha value is -0.980. The first-order valence-electron chi connectivity index (χ1n) is 6.99. The number of rotatable bonds is 7. The number of thiazole rings is 1. The molecular formula is C14H22N2O3S. The van der Waals surface area contributed by atoms with E-state index in [4.69, 9.17) is 9.47 Å². The van der Waals surface area contributed by atoms with Crippen LogP contribution in [0.5, 0.6) is 0 Å². The maximum atomic E-state index is 11.9. The number of aromatic nitrogens is 1. The van der Waals surface area contributed by atoms with E-state index in [0.717, 1.165) is 31.6 Å². The second kappa shape index (κ2) is 7.71. The number of amides is 1. The normalized spacial score (nSPS) is 18.4. The van der Waals surface area contributed by atoms with Crippen molar-refractivity contribution in [3.05, 3.63) is 16.1 Å². The number of carbonyl (C=O) groups excluding carboxylic acids is 1. The Kier molecular flexibility index (Phi) is 5.94. The van der Waals surface area contributed by atoms with Gasteiger partial charge in [0, 0.05) is 31.5 Å². The lowest BCUT2D eigenvalue weighted by Gasteiger charge is -2.17. The Morgan fingerprint density at radius 3 is 3.15 bits per heavy atom. The molecule has 1 fully saturated rings. The smallest absolute Gasteiger partial charge is 0.248 e. The van der Waals surface area contributed by atoms with Gasteiger partial charge in [0.05, 0.1) is 23.9 Å². The third kappa shape index (κ3) is 4.54. The number of aryl methyl sites for hydroxylation is 1. The molecule has 1 aromatic rings. The zero-order chi connectivity index (χ0) is 14.4. The highest BCUT2D eigenvalue weighted by molar-refractivity contribution is 7.09. The van der Waals surface area contributed by atoms with Crippen molar-refractivity contribution in [2.75, 3.05) is 33.4 Å². The Balaban J connectivity index is 1.62. The van der Waals surface area contributed by atoms with Crippen LogP contribution < -0.4 is 0 Å². The van der Waals surface area contributed by atoms with Gasteiger partial charge in [-0.3, -0.25) is 4.79 Å². The molecule has 1 amide bonds. The molecule has 0 N–H and O–H groups in total. The van der Waals surface area contributed by atoms with E-state index in [1.54, 1.807) is 16.2 Å². The lowest BCUT2D eigenvalue weighted by molar-refractivity contribution is -0.135. The highest BCUT2D eigenvalue weighted by atomic mass is 32.1. The summed E-state index contributed by atoms with van der Waals surface area (Å²) in [5.41, 5.74) is 2.91. The molecule has 0 aliphatic carbocycles. The van der Waals surface area contributed by atoms with Crippen molar-refractivity contribution >= 4 is 17.2 Å². The van der Waals surface area contributed by atoms with E-state index in [0.29, 0.717) is 13.2 Å². The Bertz CT molecular complexity index is 430. The summed E-state index contributed by atoms with van der Waals surface area (Å²) in [6, 6.07) is 0. The zero-order valence-corrected chi connectivity index (χ0v) is 12.9. The number of nitrogens with zero attached hydrogens (tertiary/aromatic N) is 2. The van der Waals surface area contributed by atoms with Crippen LogP contribution in [0, 0.1) is 6.92 Å². The predicted molar refractivity (Wildman–Crippen MR) is 78.0 cm³/mol. The molecule has 112 valence electrons. The second-order valence-corrected chi connectivity index (χ2v) is 6.02. The van der Waals surface area contributed by atoms with Crippen molar-refractivity contribution in [2.24, 2.45) is 0 Å². The molecule has 0 unspecified atom stereocenters. The molecular weight excluding hydrogens is 276 g/mol. The molecule has 1 aromatic heterocycles. The lowest BCUT2D eigenvalue weighted by Crippen LogP contribution is -2.33. The minimum Gasteiger partial charge on any atom is -0.376 e. The Morgan fingerprint density at radius 2 is 2.50 bits per heavy atom. The monoisotopic (exact) mass is 298 g/mol. The van der Waals surface area contributed by atoms with Crippen LogP contribution in [0.4, 0.5) is 0 Å². The first kappa shape index (κ1) is 15.4. The van der Waals surface area contributed by atoms with Crippen LogP contribution in [0.2, 0.25) is 0 Å². The lowest BCUT2D eigenvalue weighted by atomic mass is 10.2. The summed E-state index contributed by atoms with van der Waals surface area (Å²) in [5, 5.41) is 0. The van der Waals surface area contributed by atoms with Gasteiger partial charge in [-0.1, -0.05) is 0 Å². The van der Waals surface area contributed by atoms with Gasteiger partial charge in [-0.05, 0) is 19.8 Å². The number of likely N-dealkylation sites (N-methyl/N-ethyl adjacent to an activating group) is 1. The summed E-state index contributed by atoms with van der Waals surface area (Å²) >= 11 is 1.64. The van der Waals surface area contributed by atoms with Gasteiger partial charge in [0.25, 0.3) is 0 Å². The molecule has 0 radical (unpaired) electrons. The summed E-state index contributed by atoms with van der Waals surface area (Å²) in [6.45, 7) is 4.17. The van der Waals surface area contributed by atoms with E-state index in [1.165, 1.54) is 4.88 Å². The van der Waals surface area contributed by atoms with Crippen molar-refractivity contribution in [1.82, 2.24) is 9.88 Å². The number of hydrogen-bond donors (Lipinski definition) is 0. The second-order valence-electron chi connectivity index (χ2n) is 5.08. The third-order valence-electron chi connectivity index (χ3n) is 3.50. The van der Waals surface area contributed by atoms with Gasteiger partial charge in [0.2, 0.25) is 5.91 Å². The number of carbonyl (C=O) groups is 1. The summed E-state index contributed by atoms with van der Waals surface area (Å²) in [5.74, 6) is 0.0187. The van der Waals surface area contributed by atoms with Gasteiger partial charge in [-0.15, -0.1) is 11.3 Å². The maximum Gasteiger partial charge on any atom is 0.248 e. The van der Waals surface area contributed by atoms with E-state index in [-0.39, 0.29) is 18.6 Å². The van der Waals surface area contributed by atoms with Crippen molar-refractivity contribution in [2.45, 2.75) is 32.3 Å². The van der Waals surface area contributed by atoms with Crippen LogP contribution in [0.15, 0.2) is 5.51 Å². The van der Waals surface area contributed by atoms with E-state index < -0.39 is 0 Å². The summed E-state index contributed by atoms with van der Waals surface area (Å²) < 4.78 is 10.9. The van der Waals surface area contributed by atoms with Gasteiger partial charge in [0.15, 0.2) is 0 Å². The number of hydrogen-bond acceptors (Lipinski definition) is 5. The average molecular weight is 298 g/mol. The van der Waals surface area contributed by atoms with Crippen molar-refractivity contribution in [1.29, 1.82) is 0 Å². The zero-order valence-electron chi connectivity index (χ0n) is 12.1. The summed E-state index contributed by atoms with van der Waals surface area (Å²) in [6.07, 6.45) is 3.16. The van der Waals surface area contributed by atoms with Gasteiger partial charge < -0.3 is 14.4 Å². The SMILES string of the molecule is Cc1ncsc1CCN(C)C(=O)COC[C@@H]1CCCO1. The van der Waals surface area contributed by atoms with Gasteiger partial charge in [-0.25, -0.2) is 4.98 Å². The van der Waals surface area contributed by atoms with Crippen molar-refractivity contribution in [3.8, 4) is 0 Å². The molecule has 2 rings (SSSR count). The first-order valence-corrected chi connectivity index (χ1v) is 7.87.